The van der Waals surface area contributed by atoms with E-state index in [0.29, 0.717) is 12.2 Å². The molecule has 0 amide bonds. The van der Waals surface area contributed by atoms with E-state index in [9.17, 15) is 9.59 Å². The second-order valence-electron chi connectivity index (χ2n) is 4.18. The average Bonchev–Trinajstić information content (AvgIpc) is 2.34. The van der Waals surface area contributed by atoms with Gasteiger partial charge in [-0.3, -0.25) is 14.5 Å². The van der Waals surface area contributed by atoms with Crippen LogP contribution in [0.3, 0.4) is 0 Å². The number of carbonyl (C=O) groups is 2. The first-order valence-electron chi connectivity index (χ1n) is 5.77. The number of allylic oxidation sites excluding steroid dienone is 3. The highest BCUT2D eigenvalue weighted by atomic mass is 16.3. The van der Waals surface area contributed by atoms with Crippen molar-refractivity contribution in [3.63, 3.8) is 0 Å². The fourth-order valence-corrected chi connectivity index (χ4v) is 2.10. The van der Waals surface area contributed by atoms with Crippen molar-refractivity contribution in [3.8, 4) is 0 Å². The maximum atomic E-state index is 11.6. The first kappa shape index (κ1) is 12.0. The number of hydrogen-bond donors (Lipinski definition) is 1. The molecule has 0 aromatic heterocycles. The summed E-state index contributed by atoms with van der Waals surface area (Å²) in [5.41, 5.74) is 0.501. The molecule has 92 valence electrons. The third-order valence-electron chi connectivity index (χ3n) is 3.06. The topological polar surface area (TPSA) is 60.9 Å². The van der Waals surface area contributed by atoms with Crippen molar-refractivity contribution in [3.05, 3.63) is 23.9 Å². The zero-order valence-corrected chi connectivity index (χ0v) is 9.63. The molecule has 5 nitrogen and oxygen atoms in total. The molecule has 1 saturated heterocycles. The van der Waals surface area contributed by atoms with E-state index in [1.54, 1.807) is 0 Å². The van der Waals surface area contributed by atoms with E-state index in [2.05, 4.69) is 4.90 Å². The molecule has 0 aromatic carbocycles. The molecule has 5 heteroatoms. The Morgan fingerprint density at radius 1 is 1.12 bits per heavy atom. The van der Waals surface area contributed by atoms with Crippen molar-refractivity contribution in [2.45, 2.75) is 0 Å². The lowest BCUT2D eigenvalue weighted by atomic mass is 10.1. The second-order valence-corrected chi connectivity index (χ2v) is 4.18. The van der Waals surface area contributed by atoms with Crippen LogP contribution in [0.4, 0.5) is 0 Å². The predicted molar refractivity (Wildman–Crippen MR) is 62.3 cm³/mol. The Kier molecular flexibility index (Phi) is 3.71. The lowest BCUT2D eigenvalue weighted by Gasteiger charge is -2.36. The first-order chi connectivity index (χ1) is 8.20. The van der Waals surface area contributed by atoms with Gasteiger partial charge in [-0.15, -0.1) is 0 Å². The van der Waals surface area contributed by atoms with E-state index in [0.717, 1.165) is 26.2 Å². The Morgan fingerprint density at radius 3 is 2.47 bits per heavy atom. The molecule has 1 heterocycles. The third-order valence-corrected chi connectivity index (χ3v) is 3.06. The van der Waals surface area contributed by atoms with Gasteiger partial charge in [-0.1, -0.05) is 0 Å². The summed E-state index contributed by atoms with van der Waals surface area (Å²) in [5.74, 6) is -0.224. The molecule has 0 aromatic rings. The van der Waals surface area contributed by atoms with Gasteiger partial charge >= 0.3 is 0 Å². The van der Waals surface area contributed by atoms with Crippen molar-refractivity contribution in [2.24, 2.45) is 0 Å². The molecule has 0 bridgehead atoms. The Bertz CT molecular complexity index is 379. The van der Waals surface area contributed by atoms with Crippen LogP contribution in [0.2, 0.25) is 0 Å². The molecule has 1 fully saturated rings. The second kappa shape index (κ2) is 5.25. The number of hydrogen-bond acceptors (Lipinski definition) is 5. The van der Waals surface area contributed by atoms with Gasteiger partial charge in [-0.05, 0) is 12.2 Å². The Hall–Kier alpha value is -1.46. The van der Waals surface area contributed by atoms with Gasteiger partial charge in [-0.25, -0.2) is 0 Å². The summed E-state index contributed by atoms with van der Waals surface area (Å²) >= 11 is 0. The molecule has 0 atom stereocenters. The van der Waals surface area contributed by atoms with E-state index < -0.39 is 0 Å². The monoisotopic (exact) mass is 236 g/mol. The zero-order chi connectivity index (χ0) is 12.3. The standard InChI is InChI=1S/C12H16N2O3/c15-8-7-13-3-5-14(6-4-13)11-9-10(16)1-2-12(11)17/h1-2,9,15H,3-8H2. The summed E-state index contributed by atoms with van der Waals surface area (Å²) in [6, 6.07) is 0. The summed E-state index contributed by atoms with van der Waals surface area (Å²) in [6.45, 7) is 3.88. The summed E-state index contributed by atoms with van der Waals surface area (Å²) in [5, 5.41) is 8.84. The summed E-state index contributed by atoms with van der Waals surface area (Å²) < 4.78 is 0. The number of rotatable bonds is 3. The molecule has 1 N–H and O–H groups in total. The van der Waals surface area contributed by atoms with Gasteiger partial charge in [0.15, 0.2) is 5.78 Å². The van der Waals surface area contributed by atoms with Crippen molar-refractivity contribution >= 4 is 11.6 Å². The zero-order valence-electron chi connectivity index (χ0n) is 9.63. The number of ketones is 2. The molecule has 2 rings (SSSR count). The van der Waals surface area contributed by atoms with Crippen molar-refractivity contribution < 1.29 is 14.7 Å². The normalized spacial score (nSPS) is 21.9. The van der Waals surface area contributed by atoms with E-state index in [4.69, 9.17) is 5.11 Å². The van der Waals surface area contributed by atoms with Crippen molar-refractivity contribution in [1.29, 1.82) is 0 Å². The Morgan fingerprint density at radius 2 is 1.82 bits per heavy atom. The lowest BCUT2D eigenvalue weighted by Crippen LogP contribution is -2.47. The summed E-state index contributed by atoms with van der Waals surface area (Å²) in [4.78, 5) is 27.0. The largest absolute Gasteiger partial charge is 0.395 e. The van der Waals surface area contributed by atoms with E-state index in [1.165, 1.54) is 18.2 Å². The highest BCUT2D eigenvalue weighted by molar-refractivity contribution is 6.16. The van der Waals surface area contributed by atoms with Crippen LogP contribution < -0.4 is 0 Å². The van der Waals surface area contributed by atoms with Gasteiger partial charge in [0, 0.05) is 38.8 Å². The van der Waals surface area contributed by atoms with Gasteiger partial charge in [-0.2, -0.15) is 0 Å². The van der Waals surface area contributed by atoms with Crippen LogP contribution in [0.15, 0.2) is 23.9 Å². The predicted octanol–water partition coefficient (Wildman–Crippen LogP) is -0.812. The minimum atomic E-state index is -0.127. The van der Waals surface area contributed by atoms with Crippen molar-refractivity contribution in [1.82, 2.24) is 9.80 Å². The number of piperazine rings is 1. The summed E-state index contributed by atoms with van der Waals surface area (Å²) in [6.07, 6.45) is 4.04. The van der Waals surface area contributed by atoms with Gasteiger partial charge in [0.2, 0.25) is 5.78 Å². The van der Waals surface area contributed by atoms with E-state index in [-0.39, 0.29) is 18.2 Å². The molecule has 17 heavy (non-hydrogen) atoms. The molecule has 1 aliphatic carbocycles. The maximum Gasteiger partial charge on any atom is 0.202 e. The average molecular weight is 236 g/mol. The molecule has 0 radical (unpaired) electrons. The molecule has 0 unspecified atom stereocenters. The highest BCUT2D eigenvalue weighted by Crippen LogP contribution is 2.14. The lowest BCUT2D eigenvalue weighted by molar-refractivity contribution is -0.115. The van der Waals surface area contributed by atoms with Crippen LogP contribution in [-0.2, 0) is 9.59 Å². The Balaban J connectivity index is 1.97. The van der Waals surface area contributed by atoms with E-state index >= 15 is 0 Å². The van der Waals surface area contributed by atoms with Crippen LogP contribution in [0.25, 0.3) is 0 Å². The van der Waals surface area contributed by atoms with Crippen LogP contribution in [0.5, 0.6) is 0 Å². The minimum Gasteiger partial charge on any atom is -0.395 e. The smallest absolute Gasteiger partial charge is 0.202 e. The van der Waals surface area contributed by atoms with Crippen LogP contribution in [-0.4, -0.2) is 65.8 Å². The first-order valence-corrected chi connectivity index (χ1v) is 5.77. The van der Waals surface area contributed by atoms with Crippen LogP contribution in [0.1, 0.15) is 0 Å². The number of β-amino-alcohol motifs (C(OH)–C–C–N with tert-alkyl or cyclic N) is 1. The van der Waals surface area contributed by atoms with Gasteiger partial charge < -0.3 is 10.0 Å². The molecule has 0 saturated carbocycles. The number of aliphatic hydroxyl groups excluding tert-OH is 1. The third kappa shape index (κ3) is 2.81. The molecular formula is C12H16N2O3. The molecular weight excluding hydrogens is 220 g/mol. The number of aliphatic hydroxyl groups is 1. The van der Waals surface area contributed by atoms with Crippen LogP contribution in [0, 0.1) is 0 Å². The number of carbonyl (C=O) groups excluding carboxylic acids is 2. The number of nitrogens with zero attached hydrogens (tertiary/aromatic N) is 2. The minimum absolute atomic E-state index is 0.0970. The van der Waals surface area contributed by atoms with Crippen LogP contribution >= 0.6 is 0 Å². The quantitative estimate of drug-likeness (QED) is 0.649. The van der Waals surface area contributed by atoms with Gasteiger partial charge in [0.05, 0.1) is 12.3 Å². The fraction of sp³-hybridized carbons (Fsp3) is 0.500. The molecule has 2 aliphatic rings. The summed E-state index contributed by atoms with van der Waals surface area (Å²) in [7, 11) is 0. The van der Waals surface area contributed by atoms with Crippen molar-refractivity contribution in [2.75, 3.05) is 39.3 Å². The Labute approximate surface area is 100.0 Å². The molecule has 1 aliphatic heterocycles. The van der Waals surface area contributed by atoms with E-state index in [1.807, 2.05) is 4.90 Å². The fourth-order valence-electron chi connectivity index (χ4n) is 2.10. The maximum absolute atomic E-state index is 11.6. The highest BCUT2D eigenvalue weighted by Gasteiger charge is 2.23. The van der Waals surface area contributed by atoms with Gasteiger partial charge in [0.1, 0.15) is 0 Å². The molecule has 0 spiro atoms. The van der Waals surface area contributed by atoms with Gasteiger partial charge in [0.25, 0.3) is 0 Å². The SMILES string of the molecule is O=C1C=CC(=O)C(N2CCN(CCO)CC2)=C1.